The van der Waals surface area contributed by atoms with E-state index in [1.54, 1.807) is 21.9 Å². The van der Waals surface area contributed by atoms with Crippen LogP contribution in [0.25, 0.3) is 0 Å². The van der Waals surface area contributed by atoms with Gasteiger partial charge in [-0.3, -0.25) is 19.4 Å². The predicted octanol–water partition coefficient (Wildman–Crippen LogP) is 1.55. The van der Waals surface area contributed by atoms with E-state index in [9.17, 15) is 18.0 Å². The van der Waals surface area contributed by atoms with Gasteiger partial charge in [-0.15, -0.1) is 0 Å². The summed E-state index contributed by atoms with van der Waals surface area (Å²) in [5, 5.41) is 0. The van der Waals surface area contributed by atoms with Gasteiger partial charge in [0, 0.05) is 31.5 Å². The lowest BCUT2D eigenvalue weighted by Gasteiger charge is -2.40. The number of nitrogens with zero attached hydrogens (tertiary/aromatic N) is 4. The Balaban J connectivity index is 1.40. The smallest absolute Gasteiger partial charge is 0.263 e. The van der Waals surface area contributed by atoms with E-state index < -0.39 is 15.6 Å². The van der Waals surface area contributed by atoms with E-state index in [0.29, 0.717) is 49.2 Å². The molecule has 5 aliphatic rings. The molecule has 3 aliphatic heterocycles. The monoisotopic (exact) mass is 495 g/mol. The Morgan fingerprint density at radius 1 is 1.17 bits per heavy atom. The van der Waals surface area contributed by atoms with Crippen molar-refractivity contribution in [2.45, 2.75) is 68.5 Å². The van der Waals surface area contributed by atoms with Crippen molar-refractivity contribution in [2.24, 2.45) is 10.9 Å². The maximum atomic E-state index is 13.8. The molecule has 35 heavy (non-hydrogen) atoms. The first-order valence-electron chi connectivity index (χ1n) is 12.3. The van der Waals surface area contributed by atoms with Crippen LogP contribution in [0.5, 0.6) is 0 Å². The van der Waals surface area contributed by atoms with Gasteiger partial charge in [-0.2, -0.15) is 0 Å². The molecular formula is C25H29N5O4S. The normalized spacial score (nSPS) is 26.6. The molecule has 3 fully saturated rings. The Hall–Kier alpha value is -2.90. The Labute approximate surface area is 205 Å². The average molecular weight is 496 g/mol. The van der Waals surface area contributed by atoms with Crippen LogP contribution in [0, 0.1) is 17.8 Å². The van der Waals surface area contributed by atoms with Gasteiger partial charge in [0.25, 0.3) is 5.91 Å². The highest BCUT2D eigenvalue weighted by molar-refractivity contribution is 7.89. The van der Waals surface area contributed by atoms with Gasteiger partial charge < -0.3 is 4.90 Å². The standard InChI is InChI=1S/C25H29N5O4S/c1-16(31)28-12-9-19(15-28)30-23(32)21-13-20(35(33,34)27-25(2)10-11-25)7-8-22(21)29-18(14-26-24(29)30)6-5-17-3-4-17/h7-8,13,17-19,27H,3-4,9-12,14-15H2,1-2H3/t18-,19?/m1/s1. The molecule has 9 nitrogen and oxygen atoms in total. The molecule has 0 bridgehead atoms. The van der Waals surface area contributed by atoms with E-state index in [1.807, 2.05) is 11.8 Å². The lowest BCUT2D eigenvalue weighted by molar-refractivity contribution is -0.127. The maximum absolute atomic E-state index is 13.8. The predicted molar refractivity (Wildman–Crippen MR) is 130 cm³/mol. The van der Waals surface area contributed by atoms with E-state index in [4.69, 9.17) is 4.99 Å². The van der Waals surface area contributed by atoms with Crippen LogP contribution in [0.4, 0.5) is 5.69 Å². The lowest BCUT2D eigenvalue weighted by Crippen LogP contribution is -2.57. The van der Waals surface area contributed by atoms with Crippen molar-refractivity contribution in [3.63, 3.8) is 0 Å². The minimum atomic E-state index is -3.77. The molecule has 0 spiro atoms. The van der Waals surface area contributed by atoms with Gasteiger partial charge in [-0.25, -0.2) is 18.1 Å². The molecule has 0 radical (unpaired) electrons. The van der Waals surface area contributed by atoms with E-state index in [-0.39, 0.29) is 28.8 Å². The van der Waals surface area contributed by atoms with E-state index in [1.165, 1.54) is 13.0 Å². The van der Waals surface area contributed by atoms with Crippen LogP contribution in [-0.2, 0) is 14.8 Å². The van der Waals surface area contributed by atoms with Crippen LogP contribution in [0.1, 0.15) is 56.3 Å². The van der Waals surface area contributed by atoms with Gasteiger partial charge in [0.2, 0.25) is 21.9 Å². The van der Waals surface area contributed by atoms with Crippen LogP contribution in [0.15, 0.2) is 28.1 Å². The Morgan fingerprint density at radius 3 is 2.60 bits per heavy atom. The van der Waals surface area contributed by atoms with Crippen molar-refractivity contribution in [3.05, 3.63) is 23.8 Å². The molecule has 6 rings (SSSR count). The quantitative estimate of drug-likeness (QED) is 0.639. The molecule has 2 aliphatic carbocycles. The van der Waals surface area contributed by atoms with E-state index in [0.717, 1.165) is 25.7 Å². The van der Waals surface area contributed by atoms with Crippen molar-refractivity contribution in [1.82, 2.24) is 14.5 Å². The number of amides is 2. The number of carbonyl (C=O) groups is 2. The summed E-state index contributed by atoms with van der Waals surface area (Å²) >= 11 is 0. The highest BCUT2D eigenvalue weighted by Gasteiger charge is 2.47. The number of anilines is 1. The Morgan fingerprint density at radius 2 is 1.94 bits per heavy atom. The molecule has 1 aromatic carbocycles. The number of hydrogen-bond acceptors (Lipinski definition) is 6. The van der Waals surface area contributed by atoms with E-state index >= 15 is 0 Å². The zero-order valence-corrected chi connectivity index (χ0v) is 20.8. The second kappa shape index (κ2) is 7.80. The molecule has 10 heteroatoms. The molecule has 1 unspecified atom stereocenters. The number of guanidine groups is 1. The first-order valence-corrected chi connectivity index (χ1v) is 13.8. The summed E-state index contributed by atoms with van der Waals surface area (Å²) in [6.07, 6.45) is 4.47. The second-order valence-electron chi connectivity index (χ2n) is 10.5. The van der Waals surface area contributed by atoms with Crippen LogP contribution in [-0.4, -0.2) is 73.2 Å². The third kappa shape index (κ3) is 4.00. The van der Waals surface area contributed by atoms with Crippen molar-refractivity contribution in [1.29, 1.82) is 0 Å². The van der Waals surface area contributed by atoms with Crippen molar-refractivity contribution in [3.8, 4) is 11.8 Å². The number of aliphatic imine (C=N–C) groups is 1. The fourth-order valence-electron chi connectivity index (χ4n) is 5.01. The number of hydrogen-bond donors (Lipinski definition) is 1. The fourth-order valence-corrected chi connectivity index (χ4v) is 6.50. The first-order chi connectivity index (χ1) is 16.7. The van der Waals surface area contributed by atoms with Gasteiger partial charge >= 0.3 is 0 Å². The van der Waals surface area contributed by atoms with Gasteiger partial charge in [0.15, 0.2) is 0 Å². The summed E-state index contributed by atoms with van der Waals surface area (Å²) in [6.45, 7) is 4.86. The lowest BCUT2D eigenvalue weighted by atomic mass is 10.0. The molecule has 1 N–H and O–H groups in total. The first kappa shape index (κ1) is 22.6. The average Bonchev–Trinajstić information content (AvgIpc) is 3.67. The zero-order chi connectivity index (χ0) is 24.5. The minimum absolute atomic E-state index is 0.0243. The second-order valence-corrected chi connectivity index (χ2v) is 12.2. The Bertz CT molecular complexity index is 1320. The number of rotatable bonds is 4. The summed E-state index contributed by atoms with van der Waals surface area (Å²) in [4.78, 5) is 36.0. The molecule has 2 atom stereocenters. The molecule has 0 aromatic heterocycles. The molecule has 1 saturated heterocycles. The highest BCUT2D eigenvalue weighted by atomic mass is 32.2. The van der Waals surface area contributed by atoms with Crippen LogP contribution < -0.4 is 9.62 Å². The van der Waals surface area contributed by atoms with Gasteiger partial charge in [-0.05, 0) is 57.2 Å². The third-order valence-electron chi connectivity index (χ3n) is 7.52. The number of likely N-dealkylation sites (tertiary alicyclic amines) is 1. The molecule has 3 heterocycles. The van der Waals surface area contributed by atoms with Crippen molar-refractivity contribution >= 4 is 33.5 Å². The molecule has 184 valence electrons. The molecule has 2 amide bonds. The molecule has 1 aromatic rings. The van der Waals surface area contributed by atoms with E-state index in [2.05, 4.69) is 16.6 Å². The van der Waals surface area contributed by atoms with Gasteiger partial charge in [0.05, 0.1) is 28.7 Å². The van der Waals surface area contributed by atoms with Crippen molar-refractivity contribution in [2.75, 3.05) is 24.5 Å². The number of benzene rings is 1. The van der Waals surface area contributed by atoms with Gasteiger partial charge in [0.1, 0.15) is 6.04 Å². The summed E-state index contributed by atoms with van der Waals surface area (Å²) in [6, 6.07) is 4.31. The summed E-state index contributed by atoms with van der Waals surface area (Å²) < 4.78 is 28.9. The largest absolute Gasteiger partial charge is 0.341 e. The number of fused-ring (bicyclic) bond motifs is 3. The summed E-state index contributed by atoms with van der Waals surface area (Å²) in [5.74, 6) is 7.35. The Kier molecular flexibility index (Phi) is 5.03. The maximum Gasteiger partial charge on any atom is 0.263 e. The number of carbonyl (C=O) groups excluding carboxylic acids is 2. The summed E-state index contributed by atoms with van der Waals surface area (Å²) in [5.41, 5.74) is 0.549. The zero-order valence-electron chi connectivity index (χ0n) is 20.0. The van der Waals surface area contributed by atoms with Crippen LogP contribution >= 0.6 is 0 Å². The molecule has 2 saturated carbocycles. The molecular weight excluding hydrogens is 466 g/mol. The highest BCUT2D eigenvalue weighted by Crippen LogP contribution is 2.39. The number of sulfonamides is 1. The number of nitrogens with one attached hydrogen (secondary N) is 1. The third-order valence-corrected chi connectivity index (χ3v) is 9.16. The van der Waals surface area contributed by atoms with Crippen LogP contribution in [0.2, 0.25) is 0 Å². The fraction of sp³-hybridized carbons (Fsp3) is 0.560. The topological polar surface area (TPSA) is 102 Å². The van der Waals surface area contributed by atoms with Gasteiger partial charge in [-0.1, -0.05) is 11.8 Å². The van der Waals surface area contributed by atoms with Crippen LogP contribution in [0.3, 0.4) is 0 Å². The summed E-state index contributed by atoms with van der Waals surface area (Å²) in [7, 11) is -3.77. The SMILES string of the molecule is CC(=O)N1CCC(N2C(=O)c3cc(S(=O)(=O)NC4(C)CC4)ccc3N3C2=NC[C@H]3C#CC2CC2)C1. The minimum Gasteiger partial charge on any atom is -0.341 e. The van der Waals surface area contributed by atoms with Crippen molar-refractivity contribution < 1.29 is 18.0 Å².